The molecule has 0 bridgehead atoms. The minimum absolute atomic E-state index is 0.877. The van der Waals surface area contributed by atoms with Crippen LogP contribution in [0, 0.1) is 0 Å². The fourth-order valence-corrected chi connectivity index (χ4v) is 8.74. The van der Waals surface area contributed by atoms with Crippen LogP contribution in [-0.4, -0.2) is 23.0 Å². The molecule has 0 spiro atoms. The van der Waals surface area contributed by atoms with Crippen molar-refractivity contribution < 1.29 is 0 Å². The van der Waals surface area contributed by atoms with Gasteiger partial charge in [0.15, 0.2) is 0 Å². The summed E-state index contributed by atoms with van der Waals surface area (Å²) in [5.74, 6) is 0. The van der Waals surface area contributed by atoms with Crippen molar-refractivity contribution in [1.29, 1.82) is 0 Å². The van der Waals surface area contributed by atoms with Crippen LogP contribution in [0.1, 0.15) is 231 Å². The Bertz CT molecular complexity index is 425. The molecule has 3 fully saturated rings. The second-order valence-electron chi connectivity index (χ2n) is 14.7. The van der Waals surface area contributed by atoms with E-state index in [9.17, 15) is 0 Å². The molecule has 236 valence electrons. The van der Waals surface area contributed by atoms with E-state index in [1.54, 1.807) is 0 Å². The molecular formula is C39H75N. The SMILES string of the molecule is C1CCCCCCC(N(C2CCCCCCCCCCCC2)C2CCCCCCCCCCCC2)CCCCC1. The van der Waals surface area contributed by atoms with Crippen LogP contribution in [0.3, 0.4) is 0 Å². The van der Waals surface area contributed by atoms with E-state index < -0.39 is 0 Å². The first kappa shape index (κ1) is 34.5. The number of rotatable bonds is 3. The standard InChI is InChI=1S/C39H75N/c1-2-8-14-20-26-32-37(31-25-19-13-7-1)40(38-33-27-21-15-9-3-4-10-16-22-28-34-38)39-35-29-23-17-11-5-6-12-18-24-30-36-39/h37-39H,1-36H2. The summed E-state index contributed by atoms with van der Waals surface area (Å²) in [5, 5.41) is 0. The molecule has 40 heavy (non-hydrogen) atoms. The van der Waals surface area contributed by atoms with Crippen LogP contribution in [0.2, 0.25) is 0 Å². The Kier molecular flexibility index (Phi) is 21.0. The average molecular weight is 558 g/mol. The van der Waals surface area contributed by atoms with Gasteiger partial charge in [-0.25, -0.2) is 0 Å². The van der Waals surface area contributed by atoms with Crippen molar-refractivity contribution in [3.63, 3.8) is 0 Å². The Morgan fingerprint density at radius 3 is 0.450 bits per heavy atom. The van der Waals surface area contributed by atoms with Crippen LogP contribution in [0.15, 0.2) is 0 Å². The highest BCUT2D eigenvalue weighted by molar-refractivity contribution is 4.87. The van der Waals surface area contributed by atoms with Gasteiger partial charge in [-0.15, -0.1) is 0 Å². The van der Waals surface area contributed by atoms with E-state index in [1.165, 1.54) is 231 Å². The van der Waals surface area contributed by atoms with Gasteiger partial charge in [-0.1, -0.05) is 193 Å². The molecule has 3 aliphatic rings. The summed E-state index contributed by atoms with van der Waals surface area (Å²) in [7, 11) is 0. The van der Waals surface area contributed by atoms with E-state index in [0.29, 0.717) is 0 Å². The van der Waals surface area contributed by atoms with Crippen molar-refractivity contribution >= 4 is 0 Å². The molecule has 0 amide bonds. The summed E-state index contributed by atoms with van der Waals surface area (Å²) in [5.41, 5.74) is 0. The second kappa shape index (κ2) is 24.4. The van der Waals surface area contributed by atoms with E-state index in [-0.39, 0.29) is 0 Å². The van der Waals surface area contributed by atoms with Gasteiger partial charge < -0.3 is 0 Å². The third-order valence-electron chi connectivity index (χ3n) is 11.2. The van der Waals surface area contributed by atoms with Gasteiger partial charge in [0.05, 0.1) is 0 Å². The zero-order chi connectivity index (χ0) is 27.8. The first-order valence-corrected chi connectivity index (χ1v) is 19.7. The van der Waals surface area contributed by atoms with Crippen LogP contribution in [-0.2, 0) is 0 Å². The largest absolute Gasteiger partial charge is 0.294 e. The highest BCUT2D eigenvalue weighted by atomic mass is 15.2. The molecule has 0 aromatic heterocycles. The van der Waals surface area contributed by atoms with Crippen LogP contribution >= 0.6 is 0 Å². The number of hydrogen-bond acceptors (Lipinski definition) is 1. The molecule has 0 radical (unpaired) electrons. The van der Waals surface area contributed by atoms with E-state index in [2.05, 4.69) is 4.90 Å². The Morgan fingerprint density at radius 1 is 0.175 bits per heavy atom. The molecule has 0 heterocycles. The van der Waals surface area contributed by atoms with Crippen molar-refractivity contribution in [2.24, 2.45) is 0 Å². The molecular weight excluding hydrogens is 482 g/mol. The molecule has 0 aliphatic heterocycles. The lowest BCUT2D eigenvalue weighted by Crippen LogP contribution is -2.50. The van der Waals surface area contributed by atoms with E-state index in [4.69, 9.17) is 0 Å². The third kappa shape index (κ3) is 16.0. The number of nitrogens with zero attached hydrogens (tertiary/aromatic N) is 1. The summed E-state index contributed by atoms with van der Waals surface area (Å²) in [6.45, 7) is 0. The van der Waals surface area contributed by atoms with Crippen molar-refractivity contribution in [2.45, 2.75) is 249 Å². The fraction of sp³-hybridized carbons (Fsp3) is 1.00. The molecule has 0 aromatic carbocycles. The second-order valence-corrected chi connectivity index (χ2v) is 14.7. The van der Waals surface area contributed by atoms with Gasteiger partial charge in [-0.05, 0) is 38.5 Å². The maximum atomic E-state index is 3.33. The predicted octanol–water partition coefficient (Wildman–Crippen LogP) is 13.5. The maximum absolute atomic E-state index is 3.33. The molecule has 1 nitrogen and oxygen atoms in total. The van der Waals surface area contributed by atoms with Gasteiger partial charge in [0.25, 0.3) is 0 Å². The highest BCUT2D eigenvalue weighted by Crippen LogP contribution is 2.33. The normalized spacial score (nSPS) is 26.3. The minimum Gasteiger partial charge on any atom is -0.294 e. The first-order chi connectivity index (χ1) is 19.9. The first-order valence-electron chi connectivity index (χ1n) is 19.7. The Labute approximate surface area is 253 Å². The lowest BCUT2D eigenvalue weighted by atomic mass is 9.89. The quantitative estimate of drug-likeness (QED) is 0.333. The lowest BCUT2D eigenvalue weighted by Gasteiger charge is -2.45. The zero-order valence-corrected chi connectivity index (χ0v) is 27.6. The molecule has 0 saturated heterocycles. The van der Waals surface area contributed by atoms with Crippen LogP contribution < -0.4 is 0 Å². The van der Waals surface area contributed by atoms with E-state index in [1.807, 2.05) is 0 Å². The summed E-state index contributed by atoms with van der Waals surface area (Å²) in [6, 6.07) is 2.63. The Balaban J connectivity index is 1.78. The summed E-state index contributed by atoms with van der Waals surface area (Å²) < 4.78 is 0. The lowest BCUT2D eigenvalue weighted by molar-refractivity contribution is 0.0408. The van der Waals surface area contributed by atoms with Gasteiger partial charge in [-0.2, -0.15) is 0 Å². The smallest absolute Gasteiger partial charge is 0.0101 e. The van der Waals surface area contributed by atoms with E-state index >= 15 is 0 Å². The van der Waals surface area contributed by atoms with Crippen molar-refractivity contribution in [3.05, 3.63) is 0 Å². The Hall–Kier alpha value is -0.0400. The summed E-state index contributed by atoms with van der Waals surface area (Å²) in [6.07, 6.45) is 54.0. The van der Waals surface area contributed by atoms with Gasteiger partial charge >= 0.3 is 0 Å². The number of hydrogen-bond donors (Lipinski definition) is 0. The Morgan fingerprint density at radius 2 is 0.300 bits per heavy atom. The van der Waals surface area contributed by atoms with Crippen molar-refractivity contribution in [2.75, 3.05) is 0 Å². The van der Waals surface area contributed by atoms with Crippen LogP contribution in [0.25, 0.3) is 0 Å². The minimum atomic E-state index is 0.877. The van der Waals surface area contributed by atoms with Crippen LogP contribution in [0.5, 0.6) is 0 Å². The van der Waals surface area contributed by atoms with Crippen molar-refractivity contribution in [1.82, 2.24) is 4.90 Å². The molecule has 1 heteroatoms. The van der Waals surface area contributed by atoms with E-state index in [0.717, 1.165) is 18.1 Å². The molecule has 0 N–H and O–H groups in total. The third-order valence-corrected chi connectivity index (χ3v) is 11.2. The van der Waals surface area contributed by atoms with Gasteiger partial charge in [0, 0.05) is 18.1 Å². The maximum Gasteiger partial charge on any atom is 0.0101 e. The molecule has 0 aromatic rings. The molecule has 3 rings (SSSR count). The van der Waals surface area contributed by atoms with Crippen molar-refractivity contribution in [3.8, 4) is 0 Å². The topological polar surface area (TPSA) is 3.24 Å². The average Bonchev–Trinajstić information content (AvgIpc) is 3.03. The summed E-state index contributed by atoms with van der Waals surface area (Å²) in [4.78, 5) is 3.33. The molecule has 0 unspecified atom stereocenters. The zero-order valence-electron chi connectivity index (χ0n) is 27.6. The molecule has 3 aliphatic carbocycles. The summed E-state index contributed by atoms with van der Waals surface area (Å²) >= 11 is 0. The van der Waals surface area contributed by atoms with Gasteiger partial charge in [0.1, 0.15) is 0 Å². The fourth-order valence-electron chi connectivity index (χ4n) is 8.74. The van der Waals surface area contributed by atoms with Crippen LogP contribution in [0.4, 0.5) is 0 Å². The predicted molar refractivity (Wildman–Crippen MR) is 179 cm³/mol. The highest BCUT2D eigenvalue weighted by Gasteiger charge is 2.31. The van der Waals surface area contributed by atoms with Gasteiger partial charge in [0.2, 0.25) is 0 Å². The molecule has 3 saturated carbocycles. The molecule has 0 atom stereocenters. The van der Waals surface area contributed by atoms with Gasteiger partial charge in [-0.3, -0.25) is 4.90 Å². The monoisotopic (exact) mass is 558 g/mol.